The van der Waals surface area contributed by atoms with Crippen LogP contribution in [-0.2, 0) is 6.42 Å². The van der Waals surface area contributed by atoms with Crippen LogP contribution in [0.3, 0.4) is 0 Å². The second-order valence-corrected chi connectivity index (χ2v) is 3.95. The number of hydrogen-bond donors (Lipinski definition) is 1. The van der Waals surface area contributed by atoms with Crippen LogP contribution < -0.4 is 5.73 Å². The van der Waals surface area contributed by atoms with Crippen molar-refractivity contribution in [2.75, 3.05) is 6.54 Å². The SMILES string of the molecule is Cc1ccc(C)c(-n2cnnc2CCN)c1. The van der Waals surface area contributed by atoms with E-state index in [9.17, 15) is 0 Å². The van der Waals surface area contributed by atoms with Crippen molar-refractivity contribution >= 4 is 0 Å². The Bertz CT molecular complexity index is 488. The van der Waals surface area contributed by atoms with E-state index in [0.29, 0.717) is 6.54 Å². The van der Waals surface area contributed by atoms with E-state index in [4.69, 9.17) is 5.73 Å². The number of rotatable bonds is 3. The molecule has 1 aromatic carbocycles. The summed E-state index contributed by atoms with van der Waals surface area (Å²) in [6.45, 7) is 4.75. The Morgan fingerprint density at radius 2 is 2.12 bits per heavy atom. The highest BCUT2D eigenvalue weighted by Crippen LogP contribution is 2.16. The van der Waals surface area contributed by atoms with Gasteiger partial charge in [-0.15, -0.1) is 10.2 Å². The summed E-state index contributed by atoms with van der Waals surface area (Å²) in [5, 5.41) is 8.03. The van der Waals surface area contributed by atoms with Gasteiger partial charge in [0.05, 0.1) is 5.69 Å². The van der Waals surface area contributed by atoms with Gasteiger partial charge < -0.3 is 5.73 Å². The number of benzene rings is 1. The molecule has 0 spiro atoms. The zero-order valence-electron chi connectivity index (χ0n) is 9.64. The summed E-state index contributed by atoms with van der Waals surface area (Å²) in [5.41, 5.74) is 9.13. The molecule has 84 valence electrons. The standard InChI is InChI=1S/C12H16N4/c1-9-3-4-10(2)11(7-9)16-8-14-15-12(16)5-6-13/h3-4,7-8H,5-6,13H2,1-2H3. The molecule has 0 bridgehead atoms. The average Bonchev–Trinajstić information content (AvgIpc) is 2.70. The Balaban J connectivity index is 2.49. The lowest BCUT2D eigenvalue weighted by molar-refractivity contribution is 0.827. The number of aromatic nitrogens is 3. The molecule has 2 rings (SSSR count). The summed E-state index contributed by atoms with van der Waals surface area (Å²) >= 11 is 0. The lowest BCUT2D eigenvalue weighted by atomic mass is 10.1. The molecule has 1 heterocycles. The van der Waals surface area contributed by atoms with Gasteiger partial charge in [0.1, 0.15) is 12.2 Å². The van der Waals surface area contributed by atoms with Gasteiger partial charge in [0, 0.05) is 6.42 Å². The van der Waals surface area contributed by atoms with Crippen LogP contribution in [0.15, 0.2) is 24.5 Å². The molecule has 1 aromatic heterocycles. The van der Waals surface area contributed by atoms with E-state index in [1.54, 1.807) is 6.33 Å². The monoisotopic (exact) mass is 216 g/mol. The molecule has 16 heavy (non-hydrogen) atoms. The Labute approximate surface area is 95.1 Å². The second kappa shape index (κ2) is 4.45. The predicted octanol–water partition coefficient (Wildman–Crippen LogP) is 1.39. The van der Waals surface area contributed by atoms with Crippen LogP contribution in [0, 0.1) is 13.8 Å². The highest BCUT2D eigenvalue weighted by atomic mass is 15.3. The molecular formula is C12H16N4. The Morgan fingerprint density at radius 1 is 1.31 bits per heavy atom. The largest absolute Gasteiger partial charge is 0.330 e. The Kier molecular flexibility index (Phi) is 3.01. The fraction of sp³-hybridized carbons (Fsp3) is 0.333. The van der Waals surface area contributed by atoms with E-state index >= 15 is 0 Å². The zero-order valence-corrected chi connectivity index (χ0v) is 9.64. The molecule has 0 radical (unpaired) electrons. The first kappa shape index (κ1) is 10.8. The molecule has 0 aliphatic rings. The smallest absolute Gasteiger partial charge is 0.138 e. The first-order chi connectivity index (χ1) is 7.72. The van der Waals surface area contributed by atoms with Crippen molar-refractivity contribution in [1.29, 1.82) is 0 Å². The van der Waals surface area contributed by atoms with Gasteiger partial charge in [0.15, 0.2) is 0 Å². The first-order valence-corrected chi connectivity index (χ1v) is 5.39. The third-order valence-corrected chi connectivity index (χ3v) is 2.61. The maximum atomic E-state index is 5.55. The number of hydrogen-bond acceptors (Lipinski definition) is 3. The van der Waals surface area contributed by atoms with Crippen molar-refractivity contribution in [1.82, 2.24) is 14.8 Å². The minimum Gasteiger partial charge on any atom is -0.330 e. The van der Waals surface area contributed by atoms with Crippen LogP contribution in [-0.4, -0.2) is 21.3 Å². The maximum Gasteiger partial charge on any atom is 0.138 e. The van der Waals surface area contributed by atoms with Gasteiger partial charge in [-0.05, 0) is 37.6 Å². The molecule has 0 saturated heterocycles. The van der Waals surface area contributed by atoms with E-state index < -0.39 is 0 Å². The highest BCUT2D eigenvalue weighted by Gasteiger charge is 2.07. The van der Waals surface area contributed by atoms with Gasteiger partial charge in [-0.1, -0.05) is 12.1 Å². The number of nitrogens with two attached hydrogens (primary N) is 1. The second-order valence-electron chi connectivity index (χ2n) is 3.95. The van der Waals surface area contributed by atoms with E-state index in [1.165, 1.54) is 11.1 Å². The normalized spacial score (nSPS) is 10.7. The summed E-state index contributed by atoms with van der Waals surface area (Å²) in [6, 6.07) is 6.35. The highest BCUT2D eigenvalue weighted by molar-refractivity contribution is 5.43. The van der Waals surface area contributed by atoms with Crippen molar-refractivity contribution in [2.45, 2.75) is 20.3 Å². The van der Waals surface area contributed by atoms with Gasteiger partial charge in [-0.25, -0.2) is 0 Å². The van der Waals surface area contributed by atoms with Gasteiger partial charge >= 0.3 is 0 Å². The fourth-order valence-electron chi connectivity index (χ4n) is 1.74. The molecule has 0 amide bonds. The molecule has 0 fully saturated rings. The topological polar surface area (TPSA) is 56.7 Å². The summed E-state index contributed by atoms with van der Waals surface area (Å²) in [4.78, 5) is 0. The van der Waals surface area contributed by atoms with Gasteiger partial charge in [-0.3, -0.25) is 4.57 Å². The summed E-state index contributed by atoms with van der Waals surface area (Å²) in [6.07, 6.45) is 2.49. The van der Waals surface area contributed by atoms with Gasteiger partial charge in [0.2, 0.25) is 0 Å². The molecule has 0 atom stereocenters. The maximum absolute atomic E-state index is 5.55. The molecule has 0 aliphatic heterocycles. The fourth-order valence-corrected chi connectivity index (χ4v) is 1.74. The number of aryl methyl sites for hydroxylation is 2. The van der Waals surface area contributed by atoms with Crippen LogP contribution in [0.4, 0.5) is 0 Å². The van der Waals surface area contributed by atoms with E-state index in [1.807, 2.05) is 4.57 Å². The molecule has 2 aromatic rings. The molecule has 0 unspecified atom stereocenters. The summed E-state index contributed by atoms with van der Waals surface area (Å²) < 4.78 is 2.01. The Hall–Kier alpha value is -1.68. The third kappa shape index (κ3) is 1.97. The number of nitrogens with zero attached hydrogens (tertiary/aromatic N) is 3. The molecule has 0 aliphatic carbocycles. The van der Waals surface area contributed by atoms with Crippen LogP contribution in [0.5, 0.6) is 0 Å². The molecule has 4 nitrogen and oxygen atoms in total. The van der Waals surface area contributed by atoms with Crippen molar-refractivity contribution in [2.24, 2.45) is 5.73 Å². The minimum absolute atomic E-state index is 0.587. The molecule has 2 N–H and O–H groups in total. The van der Waals surface area contributed by atoms with Crippen LogP contribution in [0.1, 0.15) is 17.0 Å². The van der Waals surface area contributed by atoms with E-state index in [0.717, 1.165) is 17.9 Å². The predicted molar refractivity (Wildman–Crippen MR) is 63.6 cm³/mol. The van der Waals surface area contributed by atoms with Crippen LogP contribution in [0.25, 0.3) is 5.69 Å². The summed E-state index contributed by atoms with van der Waals surface area (Å²) in [5.74, 6) is 0.913. The molecule has 4 heteroatoms. The van der Waals surface area contributed by atoms with Gasteiger partial charge in [0.25, 0.3) is 0 Å². The first-order valence-electron chi connectivity index (χ1n) is 5.39. The zero-order chi connectivity index (χ0) is 11.5. The summed E-state index contributed by atoms with van der Waals surface area (Å²) in [7, 11) is 0. The van der Waals surface area contributed by atoms with E-state index in [-0.39, 0.29) is 0 Å². The van der Waals surface area contributed by atoms with Gasteiger partial charge in [-0.2, -0.15) is 0 Å². The van der Waals surface area contributed by atoms with Crippen molar-refractivity contribution in [3.8, 4) is 5.69 Å². The lowest BCUT2D eigenvalue weighted by Gasteiger charge is -2.10. The minimum atomic E-state index is 0.587. The van der Waals surface area contributed by atoms with Crippen molar-refractivity contribution in [3.63, 3.8) is 0 Å². The lowest BCUT2D eigenvalue weighted by Crippen LogP contribution is -2.09. The Morgan fingerprint density at radius 3 is 2.88 bits per heavy atom. The van der Waals surface area contributed by atoms with Crippen LogP contribution >= 0.6 is 0 Å². The average molecular weight is 216 g/mol. The van der Waals surface area contributed by atoms with E-state index in [2.05, 4.69) is 42.2 Å². The quantitative estimate of drug-likeness (QED) is 0.843. The van der Waals surface area contributed by atoms with Crippen molar-refractivity contribution < 1.29 is 0 Å². The van der Waals surface area contributed by atoms with Crippen molar-refractivity contribution in [3.05, 3.63) is 41.5 Å². The third-order valence-electron chi connectivity index (χ3n) is 2.61. The van der Waals surface area contributed by atoms with Crippen LogP contribution in [0.2, 0.25) is 0 Å². The molecule has 0 saturated carbocycles. The molecular weight excluding hydrogens is 200 g/mol.